The summed E-state index contributed by atoms with van der Waals surface area (Å²) in [5.41, 5.74) is 7.57. The van der Waals surface area contributed by atoms with E-state index in [4.69, 9.17) is 10.5 Å². The highest BCUT2D eigenvalue weighted by atomic mass is 16.5. The quantitative estimate of drug-likeness (QED) is 0.667. The summed E-state index contributed by atoms with van der Waals surface area (Å²) in [4.78, 5) is 3.18. The SMILES string of the molecule is Cc1cc(OCCCN)c(C)[nH]1. The van der Waals surface area contributed by atoms with Crippen LogP contribution in [-0.2, 0) is 0 Å². The third-order valence-electron chi connectivity index (χ3n) is 1.71. The number of nitrogens with two attached hydrogens (primary N) is 1. The zero-order valence-corrected chi connectivity index (χ0v) is 7.68. The van der Waals surface area contributed by atoms with Gasteiger partial charge in [-0.15, -0.1) is 0 Å². The summed E-state index contributed by atoms with van der Waals surface area (Å²) >= 11 is 0. The summed E-state index contributed by atoms with van der Waals surface area (Å²) in [6.45, 7) is 5.41. The minimum Gasteiger partial charge on any atom is -0.492 e. The number of ether oxygens (including phenoxy) is 1. The molecule has 1 rings (SSSR count). The van der Waals surface area contributed by atoms with Gasteiger partial charge in [0, 0.05) is 11.8 Å². The van der Waals surface area contributed by atoms with Crippen molar-refractivity contribution in [2.24, 2.45) is 5.73 Å². The summed E-state index contributed by atoms with van der Waals surface area (Å²) in [5.74, 6) is 0.945. The lowest BCUT2D eigenvalue weighted by atomic mass is 10.4. The van der Waals surface area contributed by atoms with Crippen molar-refractivity contribution in [3.63, 3.8) is 0 Å². The first-order valence-corrected chi connectivity index (χ1v) is 4.23. The molecule has 0 aliphatic rings. The number of rotatable bonds is 4. The van der Waals surface area contributed by atoms with E-state index in [0.29, 0.717) is 13.2 Å². The zero-order valence-electron chi connectivity index (χ0n) is 7.68. The molecule has 0 saturated carbocycles. The van der Waals surface area contributed by atoms with Crippen LogP contribution in [0.4, 0.5) is 0 Å². The van der Waals surface area contributed by atoms with Crippen LogP contribution in [-0.4, -0.2) is 18.1 Å². The highest BCUT2D eigenvalue weighted by Gasteiger charge is 2.01. The Morgan fingerprint density at radius 1 is 1.50 bits per heavy atom. The van der Waals surface area contributed by atoms with Crippen LogP contribution < -0.4 is 10.5 Å². The molecule has 12 heavy (non-hydrogen) atoms. The number of nitrogens with one attached hydrogen (secondary N) is 1. The lowest BCUT2D eigenvalue weighted by Gasteiger charge is -2.02. The van der Waals surface area contributed by atoms with Crippen molar-refractivity contribution >= 4 is 0 Å². The van der Waals surface area contributed by atoms with Gasteiger partial charge in [0.1, 0.15) is 5.75 Å². The van der Waals surface area contributed by atoms with Crippen molar-refractivity contribution in [1.82, 2.24) is 4.98 Å². The molecule has 0 fully saturated rings. The van der Waals surface area contributed by atoms with Crippen LogP contribution in [0.15, 0.2) is 6.07 Å². The van der Waals surface area contributed by atoms with Gasteiger partial charge >= 0.3 is 0 Å². The van der Waals surface area contributed by atoms with Crippen LogP contribution in [0.2, 0.25) is 0 Å². The van der Waals surface area contributed by atoms with Crippen LogP contribution in [0, 0.1) is 13.8 Å². The molecule has 0 radical (unpaired) electrons. The first kappa shape index (κ1) is 9.13. The van der Waals surface area contributed by atoms with Crippen LogP contribution in [0.1, 0.15) is 17.8 Å². The Morgan fingerprint density at radius 3 is 2.75 bits per heavy atom. The fourth-order valence-electron chi connectivity index (χ4n) is 1.11. The number of aromatic nitrogens is 1. The van der Waals surface area contributed by atoms with E-state index in [9.17, 15) is 0 Å². The standard InChI is InChI=1S/C9H16N2O/c1-7-6-9(8(2)11-7)12-5-3-4-10/h6,11H,3-5,10H2,1-2H3. The van der Waals surface area contributed by atoms with Crippen molar-refractivity contribution in [2.75, 3.05) is 13.2 Å². The number of hydrogen-bond donors (Lipinski definition) is 2. The molecular formula is C9H16N2O. The number of H-pyrrole nitrogens is 1. The van der Waals surface area contributed by atoms with Gasteiger partial charge in [-0.3, -0.25) is 0 Å². The Kier molecular flexibility index (Phi) is 3.17. The monoisotopic (exact) mass is 168 g/mol. The van der Waals surface area contributed by atoms with Gasteiger partial charge in [0.15, 0.2) is 0 Å². The highest BCUT2D eigenvalue weighted by Crippen LogP contribution is 2.18. The molecule has 0 spiro atoms. The van der Waals surface area contributed by atoms with E-state index in [0.717, 1.165) is 23.6 Å². The molecule has 3 nitrogen and oxygen atoms in total. The molecule has 1 aromatic heterocycles. The van der Waals surface area contributed by atoms with Crippen LogP contribution in [0.5, 0.6) is 5.75 Å². The molecule has 0 aromatic carbocycles. The first-order valence-electron chi connectivity index (χ1n) is 4.23. The second kappa shape index (κ2) is 4.16. The average Bonchev–Trinajstić information content (AvgIpc) is 2.31. The van der Waals surface area contributed by atoms with Gasteiger partial charge < -0.3 is 15.5 Å². The second-order valence-corrected chi connectivity index (χ2v) is 2.93. The summed E-state index contributed by atoms with van der Waals surface area (Å²) in [5, 5.41) is 0. The molecule has 1 heterocycles. The van der Waals surface area contributed by atoms with Crippen LogP contribution >= 0.6 is 0 Å². The topological polar surface area (TPSA) is 51.0 Å². The van der Waals surface area contributed by atoms with E-state index in [1.165, 1.54) is 0 Å². The molecule has 1 aromatic rings. The van der Waals surface area contributed by atoms with Gasteiger partial charge in [-0.05, 0) is 26.8 Å². The Hall–Kier alpha value is -0.960. The maximum absolute atomic E-state index is 5.49. The van der Waals surface area contributed by atoms with Gasteiger partial charge in [-0.1, -0.05) is 0 Å². The number of aromatic amines is 1. The van der Waals surface area contributed by atoms with E-state index in [2.05, 4.69) is 4.98 Å². The lowest BCUT2D eigenvalue weighted by molar-refractivity contribution is 0.311. The Labute approximate surface area is 72.9 Å². The Balaban J connectivity index is 2.45. The van der Waals surface area contributed by atoms with Crippen molar-refractivity contribution in [1.29, 1.82) is 0 Å². The Morgan fingerprint density at radius 2 is 2.25 bits per heavy atom. The van der Waals surface area contributed by atoms with Gasteiger partial charge in [0.05, 0.1) is 12.3 Å². The maximum atomic E-state index is 5.49. The molecule has 0 amide bonds. The first-order chi connectivity index (χ1) is 5.74. The minimum absolute atomic E-state index is 0.683. The molecule has 0 atom stereocenters. The molecule has 3 heteroatoms. The van der Waals surface area contributed by atoms with E-state index in [1.54, 1.807) is 0 Å². The summed E-state index contributed by atoms with van der Waals surface area (Å²) in [6, 6.07) is 2.01. The van der Waals surface area contributed by atoms with Gasteiger partial charge in [-0.25, -0.2) is 0 Å². The van der Waals surface area contributed by atoms with Crippen molar-refractivity contribution in [3.8, 4) is 5.75 Å². The second-order valence-electron chi connectivity index (χ2n) is 2.93. The summed E-state index contributed by atoms with van der Waals surface area (Å²) in [7, 11) is 0. The van der Waals surface area contributed by atoms with E-state index >= 15 is 0 Å². The normalized spacial score (nSPS) is 10.2. The predicted octanol–water partition coefficient (Wildman–Crippen LogP) is 1.36. The van der Waals surface area contributed by atoms with Crippen molar-refractivity contribution < 1.29 is 4.74 Å². The van der Waals surface area contributed by atoms with E-state index < -0.39 is 0 Å². The predicted molar refractivity (Wildman–Crippen MR) is 49.4 cm³/mol. The Bertz CT molecular complexity index is 243. The van der Waals surface area contributed by atoms with E-state index in [-0.39, 0.29) is 0 Å². The zero-order chi connectivity index (χ0) is 8.97. The molecule has 0 aliphatic heterocycles. The third-order valence-corrected chi connectivity index (χ3v) is 1.71. The molecule has 68 valence electrons. The third kappa shape index (κ3) is 2.27. The molecule has 0 bridgehead atoms. The van der Waals surface area contributed by atoms with Gasteiger partial charge in [0.2, 0.25) is 0 Å². The number of aryl methyl sites for hydroxylation is 2. The maximum Gasteiger partial charge on any atom is 0.139 e. The van der Waals surface area contributed by atoms with Gasteiger partial charge in [0.25, 0.3) is 0 Å². The smallest absolute Gasteiger partial charge is 0.139 e. The molecular weight excluding hydrogens is 152 g/mol. The van der Waals surface area contributed by atoms with E-state index in [1.807, 2.05) is 19.9 Å². The summed E-state index contributed by atoms with van der Waals surface area (Å²) in [6.07, 6.45) is 0.906. The fourth-order valence-corrected chi connectivity index (χ4v) is 1.11. The van der Waals surface area contributed by atoms with Crippen molar-refractivity contribution in [2.45, 2.75) is 20.3 Å². The summed E-state index contributed by atoms with van der Waals surface area (Å²) < 4.78 is 5.49. The molecule has 3 N–H and O–H groups in total. The largest absolute Gasteiger partial charge is 0.492 e. The molecule has 0 unspecified atom stereocenters. The van der Waals surface area contributed by atoms with Gasteiger partial charge in [-0.2, -0.15) is 0 Å². The lowest BCUT2D eigenvalue weighted by Crippen LogP contribution is -2.06. The fraction of sp³-hybridized carbons (Fsp3) is 0.556. The minimum atomic E-state index is 0.683. The van der Waals surface area contributed by atoms with Crippen LogP contribution in [0.25, 0.3) is 0 Å². The highest BCUT2D eigenvalue weighted by molar-refractivity contribution is 5.30. The molecule has 0 aliphatic carbocycles. The van der Waals surface area contributed by atoms with Crippen LogP contribution in [0.3, 0.4) is 0 Å². The average molecular weight is 168 g/mol. The molecule has 0 saturated heterocycles. The number of hydrogen-bond acceptors (Lipinski definition) is 2. The van der Waals surface area contributed by atoms with Crippen molar-refractivity contribution in [3.05, 3.63) is 17.5 Å².